The number of hydrogen-bond donors (Lipinski definition) is 2. The van der Waals surface area contributed by atoms with Crippen LogP contribution in [0.5, 0.6) is 5.75 Å². The van der Waals surface area contributed by atoms with Crippen LogP contribution >= 0.6 is 0 Å². The lowest BCUT2D eigenvalue weighted by molar-refractivity contribution is -0.116. The molecular formula is C15H22N2O2. The number of amides is 1. The van der Waals surface area contributed by atoms with Crippen LogP contribution in [0.15, 0.2) is 30.3 Å². The highest BCUT2D eigenvalue weighted by atomic mass is 16.5. The van der Waals surface area contributed by atoms with E-state index in [0.717, 1.165) is 30.8 Å². The van der Waals surface area contributed by atoms with Gasteiger partial charge in [0.25, 0.3) is 0 Å². The Kier molecular flexibility index (Phi) is 7.35. The first-order valence-electron chi connectivity index (χ1n) is 6.65. The number of rotatable bonds is 8. The Labute approximate surface area is 114 Å². The third-order valence-electron chi connectivity index (χ3n) is 2.46. The van der Waals surface area contributed by atoms with Crippen LogP contribution in [0, 0.1) is 0 Å². The monoisotopic (exact) mass is 262 g/mol. The number of ether oxygens (including phenoxy) is 1. The molecule has 1 aromatic carbocycles. The Balaban J connectivity index is 2.41. The summed E-state index contributed by atoms with van der Waals surface area (Å²) in [5, 5.41) is 2.76. The summed E-state index contributed by atoms with van der Waals surface area (Å²) in [6, 6.07) is 7.66. The number of carbonyl (C=O) groups excluding carboxylic acids is 1. The number of benzene rings is 1. The normalized spacial score (nSPS) is 10.6. The fourth-order valence-electron chi connectivity index (χ4n) is 1.44. The van der Waals surface area contributed by atoms with Gasteiger partial charge in [-0.15, -0.1) is 0 Å². The van der Waals surface area contributed by atoms with Gasteiger partial charge in [0.05, 0.1) is 6.61 Å². The van der Waals surface area contributed by atoms with E-state index in [-0.39, 0.29) is 5.91 Å². The predicted molar refractivity (Wildman–Crippen MR) is 77.9 cm³/mol. The van der Waals surface area contributed by atoms with E-state index in [1.807, 2.05) is 24.3 Å². The fourth-order valence-corrected chi connectivity index (χ4v) is 1.44. The van der Waals surface area contributed by atoms with Gasteiger partial charge >= 0.3 is 0 Å². The van der Waals surface area contributed by atoms with Crippen molar-refractivity contribution >= 4 is 12.0 Å². The summed E-state index contributed by atoms with van der Waals surface area (Å²) in [4.78, 5) is 11.4. The Morgan fingerprint density at radius 3 is 2.74 bits per heavy atom. The molecule has 0 unspecified atom stereocenters. The average molecular weight is 262 g/mol. The van der Waals surface area contributed by atoms with Gasteiger partial charge in [0.15, 0.2) is 0 Å². The quantitative estimate of drug-likeness (QED) is 0.556. The minimum absolute atomic E-state index is 0.0974. The Hall–Kier alpha value is -1.81. The van der Waals surface area contributed by atoms with E-state index in [0.29, 0.717) is 13.1 Å². The molecule has 4 heteroatoms. The lowest BCUT2D eigenvalue weighted by Crippen LogP contribution is -2.23. The van der Waals surface area contributed by atoms with Crippen molar-refractivity contribution in [3.8, 4) is 5.75 Å². The van der Waals surface area contributed by atoms with E-state index in [1.54, 1.807) is 6.08 Å². The van der Waals surface area contributed by atoms with Gasteiger partial charge in [-0.3, -0.25) is 4.79 Å². The summed E-state index contributed by atoms with van der Waals surface area (Å²) in [6.45, 7) is 3.99. The topological polar surface area (TPSA) is 64.3 Å². The zero-order valence-electron chi connectivity index (χ0n) is 11.4. The fraction of sp³-hybridized carbons (Fsp3) is 0.400. The van der Waals surface area contributed by atoms with Gasteiger partial charge in [-0.1, -0.05) is 19.1 Å². The van der Waals surface area contributed by atoms with Crippen LogP contribution < -0.4 is 15.8 Å². The first-order chi connectivity index (χ1) is 9.26. The van der Waals surface area contributed by atoms with Crippen LogP contribution in [0.1, 0.15) is 25.3 Å². The average Bonchev–Trinajstić information content (AvgIpc) is 2.44. The highest BCUT2D eigenvalue weighted by molar-refractivity contribution is 5.91. The largest absolute Gasteiger partial charge is 0.494 e. The molecule has 0 saturated heterocycles. The minimum atomic E-state index is -0.0974. The Bertz CT molecular complexity index is 399. The molecule has 0 saturated carbocycles. The van der Waals surface area contributed by atoms with Crippen molar-refractivity contribution in [2.24, 2.45) is 5.73 Å². The highest BCUT2D eigenvalue weighted by Gasteiger charge is 1.95. The van der Waals surface area contributed by atoms with E-state index in [4.69, 9.17) is 10.5 Å². The van der Waals surface area contributed by atoms with Gasteiger partial charge in [-0.2, -0.15) is 0 Å². The van der Waals surface area contributed by atoms with Crippen LogP contribution in [0.4, 0.5) is 0 Å². The molecule has 3 N–H and O–H groups in total. The third-order valence-corrected chi connectivity index (χ3v) is 2.46. The SMILES string of the molecule is CCCOc1ccc(/C=C/C(=O)NCCCN)cc1. The molecule has 0 atom stereocenters. The molecule has 0 aliphatic carbocycles. The second-order valence-corrected chi connectivity index (χ2v) is 4.18. The molecule has 1 rings (SSSR count). The van der Waals surface area contributed by atoms with Gasteiger partial charge in [-0.05, 0) is 43.2 Å². The van der Waals surface area contributed by atoms with E-state index in [2.05, 4.69) is 12.2 Å². The molecule has 0 aliphatic rings. The van der Waals surface area contributed by atoms with Crippen LogP contribution in [0.25, 0.3) is 6.08 Å². The van der Waals surface area contributed by atoms with Crippen LogP contribution in [-0.2, 0) is 4.79 Å². The summed E-state index contributed by atoms with van der Waals surface area (Å²) < 4.78 is 5.49. The van der Waals surface area contributed by atoms with Gasteiger partial charge in [0.2, 0.25) is 5.91 Å². The van der Waals surface area contributed by atoms with Crippen molar-refractivity contribution in [2.45, 2.75) is 19.8 Å². The molecule has 1 aromatic rings. The molecule has 104 valence electrons. The van der Waals surface area contributed by atoms with E-state index >= 15 is 0 Å². The van der Waals surface area contributed by atoms with Crippen molar-refractivity contribution in [3.63, 3.8) is 0 Å². The van der Waals surface area contributed by atoms with Crippen molar-refractivity contribution < 1.29 is 9.53 Å². The minimum Gasteiger partial charge on any atom is -0.494 e. The van der Waals surface area contributed by atoms with Gasteiger partial charge < -0.3 is 15.8 Å². The van der Waals surface area contributed by atoms with Crippen molar-refractivity contribution in [1.82, 2.24) is 5.32 Å². The summed E-state index contributed by atoms with van der Waals surface area (Å²) in [5.74, 6) is 0.756. The van der Waals surface area contributed by atoms with Crippen molar-refractivity contribution in [1.29, 1.82) is 0 Å². The maximum absolute atomic E-state index is 11.4. The lowest BCUT2D eigenvalue weighted by atomic mass is 10.2. The highest BCUT2D eigenvalue weighted by Crippen LogP contribution is 2.13. The standard InChI is InChI=1S/C15H22N2O2/c1-2-12-19-14-7-4-13(5-8-14)6-9-15(18)17-11-3-10-16/h4-9H,2-3,10-12,16H2,1H3,(H,17,18)/b9-6+. The molecule has 0 bridgehead atoms. The van der Waals surface area contributed by atoms with Gasteiger partial charge in [0.1, 0.15) is 5.75 Å². The first kappa shape index (κ1) is 15.2. The zero-order chi connectivity index (χ0) is 13.9. The second-order valence-electron chi connectivity index (χ2n) is 4.18. The predicted octanol–water partition coefficient (Wildman–Crippen LogP) is 1.95. The molecule has 1 amide bonds. The maximum atomic E-state index is 11.4. The summed E-state index contributed by atoms with van der Waals surface area (Å²) in [6.07, 6.45) is 5.09. The summed E-state index contributed by atoms with van der Waals surface area (Å²) in [5.41, 5.74) is 6.32. The molecule has 0 spiro atoms. The molecule has 0 heterocycles. The summed E-state index contributed by atoms with van der Waals surface area (Å²) in [7, 11) is 0. The summed E-state index contributed by atoms with van der Waals surface area (Å²) >= 11 is 0. The maximum Gasteiger partial charge on any atom is 0.243 e. The lowest BCUT2D eigenvalue weighted by Gasteiger charge is -2.04. The number of hydrogen-bond acceptors (Lipinski definition) is 3. The molecule has 19 heavy (non-hydrogen) atoms. The van der Waals surface area contributed by atoms with E-state index in [1.165, 1.54) is 6.08 Å². The smallest absolute Gasteiger partial charge is 0.243 e. The van der Waals surface area contributed by atoms with E-state index < -0.39 is 0 Å². The Morgan fingerprint density at radius 2 is 2.11 bits per heavy atom. The van der Waals surface area contributed by atoms with Crippen molar-refractivity contribution in [2.75, 3.05) is 19.7 Å². The van der Waals surface area contributed by atoms with Gasteiger partial charge in [-0.25, -0.2) is 0 Å². The first-order valence-corrected chi connectivity index (χ1v) is 6.65. The molecule has 0 radical (unpaired) electrons. The van der Waals surface area contributed by atoms with Crippen LogP contribution in [-0.4, -0.2) is 25.6 Å². The number of nitrogens with two attached hydrogens (primary N) is 1. The second kappa shape index (κ2) is 9.16. The number of nitrogens with one attached hydrogen (secondary N) is 1. The molecule has 0 aliphatic heterocycles. The molecule has 0 fully saturated rings. The van der Waals surface area contributed by atoms with Crippen LogP contribution in [0.3, 0.4) is 0 Å². The van der Waals surface area contributed by atoms with E-state index in [9.17, 15) is 4.79 Å². The van der Waals surface area contributed by atoms with Crippen molar-refractivity contribution in [3.05, 3.63) is 35.9 Å². The Morgan fingerprint density at radius 1 is 1.37 bits per heavy atom. The number of carbonyl (C=O) groups is 1. The molecule has 0 aromatic heterocycles. The third kappa shape index (κ3) is 6.62. The molecular weight excluding hydrogens is 240 g/mol. The zero-order valence-corrected chi connectivity index (χ0v) is 11.4. The van der Waals surface area contributed by atoms with Crippen LogP contribution in [0.2, 0.25) is 0 Å². The molecule has 4 nitrogen and oxygen atoms in total. The van der Waals surface area contributed by atoms with Gasteiger partial charge in [0, 0.05) is 12.6 Å².